The van der Waals surface area contributed by atoms with Crippen LogP contribution in [0.4, 0.5) is 0 Å². The summed E-state index contributed by atoms with van der Waals surface area (Å²) >= 11 is 23.8. The first-order chi connectivity index (χ1) is 8.90. The third-order valence-electron chi connectivity index (χ3n) is 2.35. The van der Waals surface area contributed by atoms with Crippen LogP contribution in [-0.4, -0.2) is 16.1 Å². The maximum Gasteiger partial charge on any atom is 0.356 e. The van der Waals surface area contributed by atoms with E-state index in [1.54, 1.807) is 6.07 Å². The van der Waals surface area contributed by atoms with Gasteiger partial charge in [-0.3, -0.25) is 0 Å². The Bertz CT molecular complexity index is 673. The van der Waals surface area contributed by atoms with Gasteiger partial charge in [-0.15, -0.1) is 0 Å². The summed E-state index contributed by atoms with van der Waals surface area (Å²) in [6.07, 6.45) is 1.35. The topological polar surface area (TPSA) is 50.2 Å². The van der Waals surface area contributed by atoms with Crippen molar-refractivity contribution in [1.29, 1.82) is 0 Å². The first kappa shape index (κ1) is 14.4. The molecule has 3 nitrogen and oxygen atoms in total. The number of carboxylic acid groups (broad SMARTS) is 1. The lowest BCUT2D eigenvalue weighted by molar-refractivity contribution is 0.0691. The molecule has 1 aromatic carbocycles. The number of aromatic carboxylic acids is 1. The number of carbonyl (C=O) groups is 1. The molecule has 1 aromatic heterocycles. The minimum atomic E-state index is -1.20. The number of nitrogens with zero attached hydrogens (tertiary/aromatic N) is 1. The highest BCUT2D eigenvalue weighted by atomic mass is 35.5. The molecule has 0 unspecified atom stereocenters. The second-order valence-corrected chi connectivity index (χ2v) is 5.24. The third-order valence-corrected chi connectivity index (χ3v) is 3.66. The number of hydrogen-bond donors (Lipinski definition) is 1. The van der Waals surface area contributed by atoms with E-state index in [1.807, 2.05) is 0 Å². The van der Waals surface area contributed by atoms with Crippen LogP contribution in [0.25, 0.3) is 11.1 Å². The van der Waals surface area contributed by atoms with Crippen molar-refractivity contribution in [2.75, 3.05) is 0 Å². The van der Waals surface area contributed by atoms with Crippen LogP contribution >= 0.6 is 46.4 Å². The predicted molar refractivity (Wildman–Crippen MR) is 76.7 cm³/mol. The molecule has 7 heteroatoms. The van der Waals surface area contributed by atoms with Crippen molar-refractivity contribution in [2.24, 2.45) is 0 Å². The maximum absolute atomic E-state index is 10.8. The van der Waals surface area contributed by atoms with E-state index in [0.717, 1.165) is 0 Å². The molecule has 0 aliphatic heterocycles. The van der Waals surface area contributed by atoms with Gasteiger partial charge >= 0.3 is 5.97 Å². The van der Waals surface area contributed by atoms with Gasteiger partial charge in [0.05, 0.1) is 15.1 Å². The van der Waals surface area contributed by atoms with Crippen LogP contribution in [-0.2, 0) is 0 Å². The van der Waals surface area contributed by atoms with Gasteiger partial charge in [-0.1, -0.05) is 46.4 Å². The van der Waals surface area contributed by atoms with Crippen molar-refractivity contribution in [3.05, 3.63) is 50.2 Å². The molecule has 0 aliphatic rings. The molecule has 98 valence electrons. The number of aromatic nitrogens is 1. The summed E-state index contributed by atoms with van der Waals surface area (Å²) in [5, 5.41) is 9.86. The Hall–Kier alpha value is -1.000. The standard InChI is InChI=1S/C12H5Cl4NO2/c13-6-2-7(10(16)8(14)3-6)5-1-9(15)11(12(18)19)17-4-5/h1-4H,(H,18,19). The number of pyridine rings is 1. The van der Waals surface area contributed by atoms with Crippen molar-refractivity contribution >= 4 is 52.4 Å². The SMILES string of the molecule is O=C(O)c1ncc(-c2cc(Cl)cc(Cl)c2Cl)cc1Cl. The Morgan fingerprint density at radius 1 is 1.05 bits per heavy atom. The first-order valence-electron chi connectivity index (χ1n) is 4.94. The number of halogens is 4. The van der Waals surface area contributed by atoms with E-state index < -0.39 is 5.97 Å². The molecule has 2 aromatic rings. The van der Waals surface area contributed by atoms with Crippen molar-refractivity contribution in [2.45, 2.75) is 0 Å². The molecule has 0 fully saturated rings. The minimum Gasteiger partial charge on any atom is -0.476 e. The van der Waals surface area contributed by atoms with E-state index in [-0.39, 0.29) is 10.7 Å². The van der Waals surface area contributed by atoms with Gasteiger partial charge in [-0.25, -0.2) is 9.78 Å². The van der Waals surface area contributed by atoms with Crippen molar-refractivity contribution in [3.63, 3.8) is 0 Å². The van der Waals surface area contributed by atoms with Gasteiger partial charge in [0.25, 0.3) is 0 Å². The van der Waals surface area contributed by atoms with E-state index in [4.69, 9.17) is 51.5 Å². The van der Waals surface area contributed by atoms with Crippen molar-refractivity contribution in [1.82, 2.24) is 4.98 Å². The molecule has 0 bridgehead atoms. The molecule has 0 spiro atoms. The fraction of sp³-hybridized carbons (Fsp3) is 0. The Morgan fingerprint density at radius 2 is 1.74 bits per heavy atom. The third kappa shape index (κ3) is 2.95. The Labute approximate surface area is 128 Å². The molecule has 0 saturated carbocycles. The van der Waals surface area contributed by atoms with Crippen molar-refractivity contribution in [3.8, 4) is 11.1 Å². The van der Waals surface area contributed by atoms with Gasteiger partial charge in [0.15, 0.2) is 5.69 Å². The van der Waals surface area contributed by atoms with Crippen LogP contribution in [0.3, 0.4) is 0 Å². The highest BCUT2D eigenvalue weighted by Crippen LogP contribution is 2.37. The fourth-order valence-electron chi connectivity index (χ4n) is 1.51. The van der Waals surface area contributed by atoms with Crippen LogP contribution in [0.2, 0.25) is 20.1 Å². The fourth-order valence-corrected chi connectivity index (χ4v) is 2.47. The van der Waals surface area contributed by atoms with Gasteiger partial charge in [0.1, 0.15) is 0 Å². The summed E-state index contributed by atoms with van der Waals surface area (Å²) in [6.45, 7) is 0. The molecule has 0 atom stereocenters. The van der Waals surface area contributed by atoms with Crippen LogP contribution < -0.4 is 0 Å². The van der Waals surface area contributed by atoms with Gasteiger partial charge in [-0.05, 0) is 18.2 Å². The molecule has 2 rings (SSSR count). The molecular weight excluding hydrogens is 332 g/mol. The zero-order valence-corrected chi connectivity index (χ0v) is 12.1. The summed E-state index contributed by atoms with van der Waals surface area (Å²) in [4.78, 5) is 14.6. The van der Waals surface area contributed by atoms with Gasteiger partial charge < -0.3 is 5.11 Å². The average molecular weight is 337 g/mol. The lowest BCUT2D eigenvalue weighted by atomic mass is 10.1. The zero-order valence-electron chi connectivity index (χ0n) is 9.12. The Morgan fingerprint density at radius 3 is 2.32 bits per heavy atom. The number of hydrogen-bond acceptors (Lipinski definition) is 2. The molecule has 1 heterocycles. The van der Waals surface area contributed by atoms with E-state index >= 15 is 0 Å². The summed E-state index contributed by atoms with van der Waals surface area (Å²) < 4.78 is 0. The highest BCUT2D eigenvalue weighted by Gasteiger charge is 2.14. The highest BCUT2D eigenvalue weighted by molar-refractivity contribution is 6.45. The van der Waals surface area contributed by atoms with E-state index in [9.17, 15) is 4.79 Å². The number of benzene rings is 1. The number of rotatable bonds is 2. The Kier molecular flexibility index (Phi) is 4.21. The largest absolute Gasteiger partial charge is 0.476 e. The normalized spacial score (nSPS) is 10.5. The monoisotopic (exact) mass is 335 g/mol. The van der Waals surface area contributed by atoms with Crippen LogP contribution in [0.5, 0.6) is 0 Å². The van der Waals surface area contributed by atoms with Crippen molar-refractivity contribution < 1.29 is 9.90 Å². The first-order valence-corrected chi connectivity index (χ1v) is 6.45. The Balaban J connectivity index is 2.60. The van der Waals surface area contributed by atoms with Crippen LogP contribution in [0, 0.1) is 0 Å². The summed E-state index contributed by atoms with van der Waals surface area (Å²) in [6, 6.07) is 4.56. The summed E-state index contributed by atoms with van der Waals surface area (Å²) in [7, 11) is 0. The van der Waals surface area contributed by atoms with Gasteiger partial charge in [-0.2, -0.15) is 0 Å². The lowest BCUT2D eigenvalue weighted by Crippen LogP contribution is -2.01. The average Bonchev–Trinajstić information content (AvgIpc) is 2.33. The van der Waals surface area contributed by atoms with Crippen LogP contribution in [0.15, 0.2) is 24.4 Å². The smallest absolute Gasteiger partial charge is 0.356 e. The summed E-state index contributed by atoms with van der Waals surface area (Å²) in [5.74, 6) is -1.20. The lowest BCUT2D eigenvalue weighted by Gasteiger charge is -2.08. The molecule has 19 heavy (non-hydrogen) atoms. The zero-order chi connectivity index (χ0) is 14.2. The van der Waals surface area contributed by atoms with E-state index in [0.29, 0.717) is 26.2 Å². The quantitative estimate of drug-likeness (QED) is 0.780. The van der Waals surface area contributed by atoms with Crippen LogP contribution in [0.1, 0.15) is 10.5 Å². The second kappa shape index (κ2) is 5.55. The molecule has 0 aliphatic carbocycles. The second-order valence-electron chi connectivity index (χ2n) is 3.61. The molecule has 1 N–H and O–H groups in total. The molecular formula is C12H5Cl4NO2. The van der Waals surface area contributed by atoms with E-state index in [2.05, 4.69) is 4.98 Å². The maximum atomic E-state index is 10.8. The molecule has 0 amide bonds. The molecule has 0 radical (unpaired) electrons. The molecule has 0 saturated heterocycles. The number of carboxylic acids is 1. The van der Waals surface area contributed by atoms with E-state index in [1.165, 1.54) is 18.3 Å². The van der Waals surface area contributed by atoms with Gasteiger partial charge in [0.2, 0.25) is 0 Å². The predicted octanol–water partition coefficient (Wildman–Crippen LogP) is 5.06. The minimum absolute atomic E-state index is 0.0113. The summed E-state index contributed by atoms with van der Waals surface area (Å²) in [5.41, 5.74) is 0.838. The van der Waals surface area contributed by atoms with Gasteiger partial charge in [0, 0.05) is 22.3 Å².